The number of pyridine rings is 1. The topological polar surface area (TPSA) is 26.9 Å². The lowest BCUT2D eigenvalue weighted by atomic mass is 10.1. The molecular weight excluding hydrogens is 497 g/mol. The Labute approximate surface area is 140 Å². The van der Waals surface area contributed by atoms with E-state index in [9.17, 15) is 18.4 Å². The molecule has 0 saturated heterocycles. The van der Waals surface area contributed by atoms with Gasteiger partial charge >= 0.3 is 0 Å². The van der Waals surface area contributed by atoms with Crippen LogP contribution in [-0.2, 0) is 0 Å². The lowest BCUT2D eigenvalue weighted by molar-refractivity contribution is -0.605. The second-order valence-corrected chi connectivity index (χ2v) is 5.97. The summed E-state index contributed by atoms with van der Waals surface area (Å²) in [6, 6.07) is 3.00. The fraction of sp³-hybridized carbons (Fsp3) is 0. The van der Waals surface area contributed by atoms with E-state index in [1.165, 1.54) is 81.9 Å². The third-order valence-corrected chi connectivity index (χ3v) is 4.41. The first-order valence-electron chi connectivity index (χ1n) is 5.30. The average molecular weight is 503 g/mol. The zero-order valence-corrected chi connectivity index (χ0v) is 14.0. The van der Waals surface area contributed by atoms with Crippen LogP contribution < -0.4 is 4.73 Å². The number of rotatable bonds is 2. The summed E-state index contributed by atoms with van der Waals surface area (Å²) in [5, 5.41) is 10.9. The van der Waals surface area contributed by atoms with Crippen molar-refractivity contribution in [3.05, 3.63) is 65.5 Å². The summed E-state index contributed by atoms with van der Waals surface area (Å²) >= 11 is 2.99. The van der Waals surface area contributed by atoms with Crippen LogP contribution in [0.1, 0.15) is 11.1 Å². The van der Waals surface area contributed by atoms with Crippen molar-refractivity contribution in [1.82, 2.24) is 0 Å². The Morgan fingerprint density at radius 3 is 1.90 bits per heavy atom. The van der Waals surface area contributed by atoms with Crippen LogP contribution in [0.25, 0.3) is 12.2 Å². The average Bonchev–Trinajstić information content (AvgIpc) is 2.45. The van der Waals surface area contributed by atoms with Gasteiger partial charge in [0.2, 0.25) is 0 Å². The molecule has 0 aliphatic heterocycles. The molecule has 0 aliphatic rings. The van der Waals surface area contributed by atoms with Crippen LogP contribution in [0.4, 0.5) is 13.2 Å². The highest BCUT2D eigenvalue weighted by Crippen LogP contribution is 2.28. The Bertz CT molecular complexity index is 658. The molecule has 0 saturated carbocycles. The molecule has 0 bridgehead atoms. The monoisotopic (exact) mass is 503 g/mol. The van der Waals surface area contributed by atoms with Gasteiger partial charge in [-0.25, -0.2) is 13.2 Å². The van der Waals surface area contributed by atoms with E-state index in [-0.39, 0.29) is 12.7 Å². The second kappa shape index (κ2) is 6.29. The quantitative estimate of drug-likeness (QED) is 0.199. The molecule has 2 rings (SSSR count). The van der Waals surface area contributed by atoms with Crippen molar-refractivity contribution in [2.75, 3.05) is 0 Å². The minimum atomic E-state index is -0.938. The lowest BCUT2D eigenvalue weighted by Crippen LogP contribution is -2.23. The molecule has 0 N–H and O–H groups in total. The molecule has 0 aliphatic carbocycles. The molecule has 104 valence electrons. The molecule has 20 heavy (non-hydrogen) atoms. The van der Waals surface area contributed by atoms with E-state index < -0.39 is 17.5 Å². The fourth-order valence-electron chi connectivity index (χ4n) is 1.48. The van der Waals surface area contributed by atoms with Gasteiger partial charge in [-0.2, -0.15) is 4.73 Å². The highest BCUT2D eigenvalue weighted by Gasteiger charge is 2.20. The molecule has 0 fully saturated rings. The summed E-state index contributed by atoms with van der Waals surface area (Å²) in [6.07, 6.45) is 5.21. The summed E-state index contributed by atoms with van der Waals surface area (Å²) in [5.41, 5.74) is 0.296. The van der Waals surface area contributed by atoms with E-state index >= 15 is 0 Å². The van der Waals surface area contributed by atoms with E-state index in [0.717, 1.165) is 0 Å². The minimum absolute atomic E-state index is 0.251. The molecule has 0 amide bonds. The number of hydrogen-bond acceptors (Lipinski definition) is 1. The molecule has 0 atom stereocenters. The molecule has 2 aromatic rings. The zero-order chi connectivity index (χ0) is 14.9. The largest absolute Gasteiger partial charge is 0.619 e. The van der Waals surface area contributed by atoms with Crippen molar-refractivity contribution in [3.63, 3.8) is 0 Å². The minimum Gasteiger partial charge on any atom is -0.619 e. The van der Waals surface area contributed by atoms with Gasteiger partial charge in [0, 0.05) is 17.7 Å². The Hall–Kier alpha value is -0.840. The number of nitrogens with zero attached hydrogens (tertiary/aromatic N) is 1. The van der Waals surface area contributed by atoms with Gasteiger partial charge < -0.3 is 5.21 Å². The molecule has 7 heteroatoms. The van der Waals surface area contributed by atoms with Gasteiger partial charge in [-0.3, -0.25) is 0 Å². The highest BCUT2D eigenvalue weighted by molar-refractivity contribution is 14.1. The smallest absolute Gasteiger partial charge is 0.180 e. The van der Waals surface area contributed by atoms with Crippen molar-refractivity contribution in [1.29, 1.82) is 0 Å². The first-order valence-corrected chi connectivity index (χ1v) is 7.46. The Morgan fingerprint density at radius 2 is 1.40 bits per heavy atom. The number of benzene rings is 1. The number of halogens is 5. The molecule has 2 nitrogen and oxygen atoms in total. The summed E-state index contributed by atoms with van der Waals surface area (Å²) in [4.78, 5) is 0. The van der Waals surface area contributed by atoms with Crippen molar-refractivity contribution in [2.24, 2.45) is 0 Å². The van der Waals surface area contributed by atoms with Crippen LogP contribution in [0.2, 0.25) is 0 Å². The maximum Gasteiger partial charge on any atom is 0.180 e. The maximum absolute atomic E-state index is 13.9. The van der Waals surface area contributed by atoms with Gasteiger partial charge in [-0.15, -0.1) is 0 Å². The normalized spacial score (nSPS) is 11.2. The third-order valence-electron chi connectivity index (χ3n) is 2.51. The fourth-order valence-corrected chi connectivity index (χ4v) is 3.12. The van der Waals surface area contributed by atoms with E-state index in [1.54, 1.807) is 0 Å². The molecule has 1 heterocycles. The first kappa shape index (κ1) is 15.5. The van der Waals surface area contributed by atoms with Crippen LogP contribution in [0, 0.1) is 29.8 Å². The van der Waals surface area contributed by atoms with Gasteiger partial charge in [0.05, 0.1) is 7.14 Å². The lowest BCUT2D eigenvalue weighted by Gasteiger charge is -2.06. The molecule has 0 unspecified atom stereocenters. The molecular formula is C13H6F3I2NO. The highest BCUT2D eigenvalue weighted by atomic mass is 127. The van der Waals surface area contributed by atoms with Crippen molar-refractivity contribution >= 4 is 57.3 Å². The number of hydrogen-bond donors (Lipinski definition) is 0. The zero-order valence-electron chi connectivity index (χ0n) is 9.71. The summed E-state index contributed by atoms with van der Waals surface area (Å²) < 4.78 is 41.3. The molecule has 1 aromatic heterocycles. The van der Waals surface area contributed by atoms with Crippen molar-refractivity contribution < 1.29 is 17.9 Å². The van der Waals surface area contributed by atoms with Crippen LogP contribution in [-0.4, -0.2) is 0 Å². The Balaban J connectivity index is 2.46. The van der Waals surface area contributed by atoms with E-state index in [0.29, 0.717) is 10.3 Å². The summed E-state index contributed by atoms with van der Waals surface area (Å²) in [6.45, 7) is 0. The van der Waals surface area contributed by atoms with Crippen LogP contribution in [0.15, 0.2) is 24.5 Å². The van der Waals surface area contributed by atoms with Gasteiger partial charge in [0.15, 0.2) is 18.2 Å². The van der Waals surface area contributed by atoms with Crippen molar-refractivity contribution in [2.45, 2.75) is 0 Å². The van der Waals surface area contributed by atoms with Crippen LogP contribution >= 0.6 is 45.2 Å². The maximum atomic E-state index is 13.9. The van der Waals surface area contributed by atoms with Gasteiger partial charge in [-0.1, -0.05) is 6.08 Å². The summed E-state index contributed by atoms with van der Waals surface area (Å²) in [7, 11) is 0. The summed E-state index contributed by atoms with van der Waals surface area (Å²) in [5.74, 6) is -2.77. The molecule has 1 aromatic carbocycles. The van der Waals surface area contributed by atoms with Gasteiger partial charge in [0.1, 0.15) is 11.6 Å². The standard InChI is InChI=1S/C13H6F3I2NO/c14-9-8(10(15)13(18)11(16)12(9)17)2-1-7-3-5-19(20)6-4-7/h1-6H/b2-1+. The van der Waals surface area contributed by atoms with E-state index in [2.05, 4.69) is 0 Å². The third kappa shape index (κ3) is 3.08. The predicted molar refractivity (Wildman–Crippen MR) is 86.1 cm³/mol. The van der Waals surface area contributed by atoms with Gasteiger partial charge in [0.25, 0.3) is 0 Å². The Morgan fingerprint density at radius 1 is 0.900 bits per heavy atom. The molecule has 0 radical (unpaired) electrons. The second-order valence-electron chi connectivity index (χ2n) is 3.81. The predicted octanol–water partition coefficient (Wildman–Crippen LogP) is 4.12. The SMILES string of the molecule is [O-][n+]1ccc(/C=C/c2c(F)c(I)c(F)c(I)c2F)cc1. The van der Waals surface area contributed by atoms with Crippen LogP contribution in [0.3, 0.4) is 0 Å². The molecule has 0 spiro atoms. The van der Waals surface area contributed by atoms with Gasteiger partial charge in [-0.05, 0) is 56.8 Å². The first-order chi connectivity index (χ1) is 9.41. The van der Waals surface area contributed by atoms with Crippen LogP contribution in [0.5, 0.6) is 0 Å². The van der Waals surface area contributed by atoms with E-state index in [4.69, 9.17) is 0 Å². The Kier molecular flexibility index (Phi) is 4.89. The van der Waals surface area contributed by atoms with Crippen molar-refractivity contribution in [3.8, 4) is 0 Å². The number of aromatic nitrogens is 1. The van der Waals surface area contributed by atoms with E-state index in [1.807, 2.05) is 0 Å².